The highest BCUT2D eigenvalue weighted by Gasteiger charge is 2.36. The second kappa shape index (κ2) is 12.8. The zero-order valence-electron chi connectivity index (χ0n) is 18.7. The molecule has 2 fully saturated rings. The number of para-hydroxylation sites is 2. The van der Waals surface area contributed by atoms with Crippen molar-refractivity contribution in [1.29, 1.82) is 0 Å². The molecule has 3 heterocycles. The van der Waals surface area contributed by atoms with Gasteiger partial charge in [-0.3, -0.25) is 9.88 Å². The number of piperidine rings is 1. The number of rotatable bonds is 8. The van der Waals surface area contributed by atoms with Crippen LogP contribution in [0.3, 0.4) is 0 Å². The van der Waals surface area contributed by atoms with Gasteiger partial charge in [-0.25, -0.2) is 4.79 Å². The minimum atomic E-state index is -0.586. The van der Waals surface area contributed by atoms with Gasteiger partial charge in [0.15, 0.2) is 11.5 Å². The van der Waals surface area contributed by atoms with Gasteiger partial charge in [-0.1, -0.05) is 12.1 Å². The fraction of sp³-hybridized carbons (Fsp3) is 0.478. The molecule has 10 heteroatoms. The Labute approximate surface area is 207 Å². The Balaban J connectivity index is 0.00000193. The summed E-state index contributed by atoms with van der Waals surface area (Å²) < 4.78 is 11.0. The summed E-state index contributed by atoms with van der Waals surface area (Å²) in [6.07, 6.45) is 4.67. The maximum Gasteiger partial charge on any atom is 0.324 e. The summed E-state index contributed by atoms with van der Waals surface area (Å²) >= 11 is 0. The van der Waals surface area contributed by atoms with Crippen molar-refractivity contribution in [2.24, 2.45) is 0 Å². The average molecular weight is 499 g/mol. The maximum atomic E-state index is 12.9. The van der Waals surface area contributed by atoms with E-state index in [1.807, 2.05) is 46.2 Å². The van der Waals surface area contributed by atoms with E-state index in [0.29, 0.717) is 24.6 Å². The second-order valence-corrected chi connectivity index (χ2v) is 7.98. The van der Waals surface area contributed by atoms with Crippen LogP contribution in [0.1, 0.15) is 12.8 Å². The number of likely N-dealkylation sites (tertiary alicyclic amines) is 1. The average Bonchev–Trinajstić information content (AvgIpc) is 3.20. The molecule has 2 aromatic rings. The van der Waals surface area contributed by atoms with Crippen LogP contribution in [0.2, 0.25) is 0 Å². The highest BCUT2D eigenvalue weighted by molar-refractivity contribution is 5.94. The van der Waals surface area contributed by atoms with Crippen LogP contribution >= 0.6 is 24.8 Å². The molecule has 0 bridgehead atoms. The number of halogens is 2. The van der Waals surface area contributed by atoms with Crippen LogP contribution < -0.4 is 14.4 Å². The van der Waals surface area contributed by atoms with Crippen molar-refractivity contribution in [2.45, 2.75) is 25.0 Å². The van der Waals surface area contributed by atoms with Crippen LogP contribution in [0.15, 0.2) is 48.8 Å². The number of hydrogen-bond donors (Lipinski definition) is 1. The molecule has 0 spiro atoms. The van der Waals surface area contributed by atoms with Gasteiger partial charge in [0.1, 0.15) is 12.7 Å². The number of methoxy groups -OCH3 is 1. The molecule has 4 rings (SSSR count). The fourth-order valence-corrected chi connectivity index (χ4v) is 4.34. The Bertz CT molecular complexity index is 869. The number of ether oxygens (including phenoxy) is 2. The van der Waals surface area contributed by atoms with Gasteiger partial charge >= 0.3 is 6.03 Å². The van der Waals surface area contributed by atoms with E-state index < -0.39 is 6.10 Å². The predicted octanol–water partition coefficient (Wildman–Crippen LogP) is 3.08. The first-order valence-electron chi connectivity index (χ1n) is 10.8. The number of aliphatic hydroxyl groups excluding tert-OH is 1. The maximum absolute atomic E-state index is 12.9. The molecule has 182 valence electrons. The molecule has 0 radical (unpaired) electrons. The van der Waals surface area contributed by atoms with Gasteiger partial charge in [-0.05, 0) is 37.1 Å². The van der Waals surface area contributed by atoms with Gasteiger partial charge in [0, 0.05) is 56.8 Å². The van der Waals surface area contributed by atoms with E-state index in [0.717, 1.165) is 38.2 Å². The number of urea groups is 1. The van der Waals surface area contributed by atoms with E-state index in [4.69, 9.17) is 9.47 Å². The number of pyridine rings is 1. The van der Waals surface area contributed by atoms with Crippen molar-refractivity contribution in [3.05, 3.63) is 48.8 Å². The van der Waals surface area contributed by atoms with Gasteiger partial charge < -0.3 is 24.4 Å². The van der Waals surface area contributed by atoms with Gasteiger partial charge in [0.2, 0.25) is 0 Å². The van der Waals surface area contributed by atoms with Gasteiger partial charge in [0.25, 0.3) is 0 Å². The van der Waals surface area contributed by atoms with Crippen LogP contribution in [0, 0.1) is 0 Å². The molecule has 1 aromatic carbocycles. The lowest BCUT2D eigenvalue weighted by Gasteiger charge is -2.37. The molecular formula is C23H32Cl2N4O4. The number of aromatic nitrogens is 1. The normalized spacial score (nSPS) is 17.8. The highest BCUT2D eigenvalue weighted by Crippen LogP contribution is 2.27. The number of anilines is 1. The van der Waals surface area contributed by atoms with Gasteiger partial charge in [-0.2, -0.15) is 0 Å². The zero-order valence-corrected chi connectivity index (χ0v) is 20.3. The van der Waals surface area contributed by atoms with Crippen molar-refractivity contribution in [1.82, 2.24) is 14.8 Å². The molecule has 2 aliphatic heterocycles. The molecule has 2 amide bonds. The number of hydrogen-bond acceptors (Lipinski definition) is 6. The van der Waals surface area contributed by atoms with Crippen molar-refractivity contribution < 1.29 is 19.4 Å². The second-order valence-electron chi connectivity index (χ2n) is 7.98. The number of aliphatic hydroxyl groups is 1. The van der Waals surface area contributed by atoms with E-state index >= 15 is 0 Å². The van der Waals surface area contributed by atoms with E-state index in [9.17, 15) is 9.90 Å². The topological polar surface area (TPSA) is 78.4 Å². The monoisotopic (exact) mass is 498 g/mol. The van der Waals surface area contributed by atoms with E-state index in [2.05, 4.69) is 9.88 Å². The molecule has 1 unspecified atom stereocenters. The summed E-state index contributed by atoms with van der Waals surface area (Å²) in [5.41, 5.74) is 0.901. The SMILES string of the molecule is COc1ccccc1OCC(O)CN1CCC(N2CCN(c3ccncc3)C2=O)CC1.Cl.Cl. The molecule has 33 heavy (non-hydrogen) atoms. The van der Waals surface area contributed by atoms with E-state index in [1.54, 1.807) is 19.5 Å². The zero-order chi connectivity index (χ0) is 21.6. The molecule has 1 N–H and O–H groups in total. The Morgan fingerprint density at radius 3 is 2.36 bits per heavy atom. The summed E-state index contributed by atoms with van der Waals surface area (Å²) in [6, 6.07) is 11.5. The van der Waals surface area contributed by atoms with Crippen LogP contribution in [0.25, 0.3) is 0 Å². The predicted molar refractivity (Wildman–Crippen MR) is 132 cm³/mol. The van der Waals surface area contributed by atoms with Gasteiger partial charge in [-0.15, -0.1) is 24.8 Å². The van der Waals surface area contributed by atoms with Crippen molar-refractivity contribution in [3.8, 4) is 11.5 Å². The number of nitrogens with zero attached hydrogens (tertiary/aromatic N) is 4. The third-order valence-electron chi connectivity index (χ3n) is 5.98. The number of amides is 2. The molecule has 0 saturated carbocycles. The number of carbonyl (C=O) groups excluding carboxylic acids is 1. The quantitative estimate of drug-likeness (QED) is 0.602. The number of β-amino-alcohol motifs (C(OH)–C–C–N with tert-alkyl or cyclic N) is 1. The van der Waals surface area contributed by atoms with E-state index in [-0.39, 0.29) is 43.5 Å². The van der Waals surface area contributed by atoms with Crippen LogP contribution in [0.4, 0.5) is 10.5 Å². The van der Waals surface area contributed by atoms with Crippen LogP contribution in [0.5, 0.6) is 11.5 Å². The molecule has 1 aromatic heterocycles. The number of benzene rings is 1. The summed E-state index contributed by atoms with van der Waals surface area (Å²) in [4.78, 5) is 23.0. The van der Waals surface area contributed by atoms with Crippen LogP contribution in [-0.4, -0.2) is 84.5 Å². The first-order chi connectivity index (χ1) is 15.2. The summed E-state index contributed by atoms with van der Waals surface area (Å²) in [7, 11) is 1.60. The summed E-state index contributed by atoms with van der Waals surface area (Å²) in [5.74, 6) is 1.29. The number of carbonyl (C=O) groups is 1. The molecule has 2 aliphatic rings. The van der Waals surface area contributed by atoms with E-state index in [1.165, 1.54) is 0 Å². The largest absolute Gasteiger partial charge is 0.493 e. The smallest absolute Gasteiger partial charge is 0.324 e. The first-order valence-corrected chi connectivity index (χ1v) is 10.8. The lowest BCUT2D eigenvalue weighted by molar-refractivity contribution is 0.0502. The first kappa shape index (κ1) is 27.0. The molecule has 2 saturated heterocycles. The standard InChI is InChI=1S/C23H30N4O4.2ClH/c1-30-21-4-2-3-5-22(21)31-17-20(28)16-25-12-8-19(9-13-25)27-15-14-26(23(27)29)18-6-10-24-11-7-18;;/h2-7,10-11,19-20,28H,8-9,12-17H2,1H3;2*1H. The summed E-state index contributed by atoms with van der Waals surface area (Å²) in [6.45, 7) is 3.94. The molecule has 0 aliphatic carbocycles. The minimum absolute atomic E-state index is 0. The highest BCUT2D eigenvalue weighted by atomic mass is 35.5. The Kier molecular flexibility index (Phi) is 10.5. The third kappa shape index (κ3) is 6.63. The lowest BCUT2D eigenvalue weighted by atomic mass is 10.0. The van der Waals surface area contributed by atoms with Gasteiger partial charge in [0.05, 0.1) is 7.11 Å². The van der Waals surface area contributed by atoms with Crippen LogP contribution in [-0.2, 0) is 0 Å². The van der Waals surface area contributed by atoms with Crippen molar-refractivity contribution in [3.63, 3.8) is 0 Å². The van der Waals surface area contributed by atoms with Crippen molar-refractivity contribution in [2.75, 3.05) is 51.3 Å². The Morgan fingerprint density at radius 2 is 1.70 bits per heavy atom. The molecule has 8 nitrogen and oxygen atoms in total. The Hall–Kier alpha value is -2.26. The van der Waals surface area contributed by atoms with Crippen molar-refractivity contribution >= 4 is 36.5 Å². The molecular weight excluding hydrogens is 467 g/mol. The lowest BCUT2D eigenvalue weighted by Crippen LogP contribution is -2.48. The minimum Gasteiger partial charge on any atom is -0.493 e. The fourth-order valence-electron chi connectivity index (χ4n) is 4.34. The third-order valence-corrected chi connectivity index (χ3v) is 5.98. The Morgan fingerprint density at radius 1 is 1.03 bits per heavy atom. The molecule has 1 atom stereocenters. The summed E-state index contributed by atoms with van der Waals surface area (Å²) in [5, 5.41) is 10.4.